The molecule has 1 heterocycles. The van der Waals surface area contributed by atoms with E-state index in [9.17, 15) is 9.59 Å². The van der Waals surface area contributed by atoms with Crippen molar-refractivity contribution in [2.45, 2.75) is 209 Å². The molecule has 8 nitrogen and oxygen atoms in total. The Bertz CT molecular complexity index is 805. The molecule has 9 heteroatoms. The number of amides is 1. The zero-order chi connectivity index (χ0) is 33.1. The van der Waals surface area contributed by atoms with Crippen molar-refractivity contribution < 1.29 is 14.0 Å². The molecule has 0 spiro atoms. The van der Waals surface area contributed by atoms with E-state index < -0.39 is 8.32 Å². The maximum Gasteiger partial charge on any atom is 0.237 e. The van der Waals surface area contributed by atoms with Gasteiger partial charge in [0, 0.05) is 18.8 Å². The number of hydrogen-bond acceptors (Lipinski definition) is 6. The summed E-state index contributed by atoms with van der Waals surface area (Å²) >= 11 is 0. The van der Waals surface area contributed by atoms with Gasteiger partial charge in [0.05, 0.1) is 18.3 Å². The number of Topliss-reactive ketones (excluding diaryl/α,β-unsaturated/α-hetero) is 1. The number of nitrogens with one attached hydrogen (secondary N) is 2. The van der Waals surface area contributed by atoms with E-state index in [2.05, 4.69) is 61.7 Å². The van der Waals surface area contributed by atoms with E-state index in [0.29, 0.717) is 6.10 Å². The molecule has 0 saturated heterocycles. The normalized spacial score (nSPS) is 12.4. The number of nitrogens with zero attached hydrogens (tertiary/aromatic N) is 3. The maximum atomic E-state index is 12.3. The third-order valence-electron chi connectivity index (χ3n) is 8.11. The summed E-state index contributed by atoms with van der Waals surface area (Å²) in [7, 11) is 0.418. The number of likely N-dealkylation sites (N-methyl/N-ethyl adjacent to an activating group) is 1. The van der Waals surface area contributed by atoms with Gasteiger partial charge in [0.1, 0.15) is 0 Å². The lowest BCUT2D eigenvalue weighted by Gasteiger charge is -2.25. The molecule has 1 aromatic rings. The van der Waals surface area contributed by atoms with Crippen LogP contribution in [0.25, 0.3) is 0 Å². The van der Waals surface area contributed by atoms with Gasteiger partial charge in [-0.1, -0.05) is 130 Å². The largest absolute Gasteiger partial charge is 0.415 e. The number of hydrogen-bond donors (Lipinski definition) is 2. The van der Waals surface area contributed by atoms with Gasteiger partial charge in [0.25, 0.3) is 0 Å². The Morgan fingerprint density at radius 2 is 1.28 bits per heavy atom. The molecule has 0 aliphatic heterocycles. The molecule has 0 aliphatic rings. The Hall–Kier alpha value is -1.58. The Kier molecular flexibility index (Phi) is 33.9. The molecular formula is C37H79N5O3Si. The second kappa shape index (κ2) is 32.0. The van der Waals surface area contributed by atoms with Gasteiger partial charge in [-0.3, -0.25) is 14.3 Å². The summed E-state index contributed by atoms with van der Waals surface area (Å²) in [4.78, 5) is 23.9. The average molecular weight is 670 g/mol. The molecule has 0 aliphatic carbocycles. The van der Waals surface area contributed by atoms with Crippen molar-refractivity contribution in [1.29, 1.82) is 0 Å². The van der Waals surface area contributed by atoms with Crippen LogP contribution in [0.4, 0.5) is 0 Å². The first-order valence-corrected chi connectivity index (χ1v) is 21.2. The lowest BCUT2D eigenvalue weighted by atomic mass is 10.0. The van der Waals surface area contributed by atoms with Crippen LogP contribution in [0.5, 0.6) is 0 Å². The summed E-state index contributed by atoms with van der Waals surface area (Å²) in [6, 6.07) is 0.804. The van der Waals surface area contributed by atoms with Gasteiger partial charge in [-0.25, -0.2) is 0 Å². The zero-order valence-electron chi connectivity index (χ0n) is 30.1. The number of rotatable bonds is 27. The van der Waals surface area contributed by atoms with Gasteiger partial charge in [-0.15, -0.1) is 5.10 Å². The van der Waals surface area contributed by atoms with E-state index >= 15 is 0 Å². The van der Waals surface area contributed by atoms with Crippen LogP contribution in [-0.2, 0) is 20.6 Å². The van der Waals surface area contributed by atoms with Gasteiger partial charge in [-0.05, 0) is 66.2 Å². The van der Waals surface area contributed by atoms with Crippen molar-refractivity contribution >= 4 is 20.0 Å². The minimum atomic E-state index is -1.39. The number of aromatic nitrogens is 3. The van der Waals surface area contributed by atoms with Crippen molar-refractivity contribution in [1.82, 2.24) is 25.6 Å². The van der Waals surface area contributed by atoms with E-state index in [1.807, 2.05) is 17.9 Å². The number of unbranched alkanes of at least 4 members (excludes halogenated alkanes) is 13. The maximum absolute atomic E-state index is 12.3. The van der Waals surface area contributed by atoms with Crippen LogP contribution in [-0.4, -0.2) is 60.2 Å². The molecule has 0 saturated carbocycles. The van der Waals surface area contributed by atoms with Gasteiger partial charge in [-0.2, -0.15) is 0 Å². The summed E-state index contributed by atoms with van der Waals surface area (Å²) in [5, 5.41) is 13.8. The monoisotopic (exact) mass is 670 g/mol. The highest BCUT2D eigenvalue weighted by Crippen LogP contribution is 2.19. The fourth-order valence-electron chi connectivity index (χ4n) is 5.54. The fraction of sp³-hybridized carbons (Fsp3) is 0.892. The first-order chi connectivity index (χ1) is 21.1. The van der Waals surface area contributed by atoms with Crippen LogP contribution < -0.4 is 10.6 Å². The van der Waals surface area contributed by atoms with Gasteiger partial charge in [0.15, 0.2) is 14.1 Å². The van der Waals surface area contributed by atoms with E-state index in [1.54, 1.807) is 13.1 Å². The first-order valence-electron chi connectivity index (χ1n) is 18.1. The number of aryl methyl sites for hydroxylation is 1. The molecular weight excluding hydrogens is 591 g/mol. The quantitative estimate of drug-likeness (QED) is 0.0715. The first kappa shape index (κ1) is 48.8. The highest BCUT2D eigenvalue weighted by atomic mass is 28.4. The lowest BCUT2D eigenvalue weighted by Crippen LogP contribution is -2.48. The van der Waals surface area contributed by atoms with Gasteiger partial charge in [0.2, 0.25) is 5.91 Å². The predicted octanol–water partition coefficient (Wildman–Crippen LogP) is 9.89. The Morgan fingerprint density at radius 1 is 0.783 bits per heavy atom. The van der Waals surface area contributed by atoms with Crippen LogP contribution in [0.2, 0.25) is 19.1 Å². The summed E-state index contributed by atoms with van der Waals surface area (Å²) in [6.07, 6.45) is 25.7. The molecule has 1 aromatic heterocycles. The molecule has 1 rings (SSSR count). The van der Waals surface area contributed by atoms with E-state index in [4.69, 9.17) is 4.43 Å². The van der Waals surface area contributed by atoms with E-state index in [0.717, 1.165) is 51.5 Å². The Balaban J connectivity index is -0.000000774. The summed E-state index contributed by atoms with van der Waals surface area (Å²) < 4.78 is 8.00. The predicted molar refractivity (Wildman–Crippen MR) is 202 cm³/mol. The minimum Gasteiger partial charge on any atom is -0.415 e. The molecule has 0 bridgehead atoms. The lowest BCUT2D eigenvalue weighted by molar-refractivity contribution is -0.128. The minimum absolute atomic E-state index is 0. The standard InChI is InChI=1S/C18H37N3OSi.C17H34N2O2.2CH4/c1-18(2)22-23(3,4)17-13-11-9-7-5-6-8-10-12-15-21-16-14-19-20-21;1-5-7-9-11-13-16(18-4)17(21)19-15(14(3)20)12-10-8-6-2;;/h14,16,18H,5-13,15,17H2,1-4H3;15-16,18H,5-13H2,1-4H3,(H,19,21);2*1H4. The number of ketones is 1. The molecule has 1 amide bonds. The van der Waals surface area contributed by atoms with Crippen LogP contribution in [0, 0.1) is 0 Å². The fourth-order valence-corrected chi connectivity index (χ4v) is 8.04. The van der Waals surface area contributed by atoms with Crippen LogP contribution in [0.15, 0.2) is 12.4 Å². The molecule has 46 heavy (non-hydrogen) atoms. The van der Waals surface area contributed by atoms with Crippen molar-refractivity contribution in [3.05, 3.63) is 12.4 Å². The van der Waals surface area contributed by atoms with Crippen molar-refractivity contribution in [3.8, 4) is 0 Å². The molecule has 0 fully saturated rings. The summed E-state index contributed by atoms with van der Waals surface area (Å²) in [6.45, 7) is 15.9. The molecule has 0 radical (unpaired) electrons. The molecule has 2 unspecified atom stereocenters. The molecule has 274 valence electrons. The van der Waals surface area contributed by atoms with Crippen LogP contribution in [0.3, 0.4) is 0 Å². The smallest absolute Gasteiger partial charge is 0.237 e. The summed E-state index contributed by atoms with van der Waals surface area (Å²) in [5.74, 6) is 0.0194. The zero-order valence-corrected chi connectivity index (χ0v) is 31.1. The van der Waals surface area contributed by atoms with Gasteiger partial charge < -0.3 is 15.1 Å². The number of carbonyl (C=O) groups is 2. The van der Waals surface area contributed by atoms with E-state index in [-0.39, 0.29) is 38.6 Å². The molecule has 0 aromatic carbocycles. The second-order valence-corrected chi connectivity index (χ2v) is 17.6. The van der Waals surface area contributed by atoms with Crippen molar-refractivity contribution in [2.24, 2.45) is 0 Å². The molecule has 2 atom stereocenters. The average Bonchev–Trinajstić information content (AvgIpc) is 3.48. The van der Waals surface area contributed by atoms with Crippen LogP contribution >= 0.6 is 0 Å². The Morgan fingerprint density at radius 3 is 1.78 bits per heavy atom. The third-order valence-corrected chi connectivity index (χ3v) is 10.8. The Labute approximate surface area is 287 Å². The highest BCUT2D eigenvalue weighted by Gasteiger charge is 2.23. The van der Waals surface area contributed by atoms with Crippen molar-refractivity contribution in [3.63, 3.8) is 0 Å². The topological polar surface area (TPSA) is 98.1 Å². The van der Waals surface area contributed by atoms with Crippen LogP contribution in [0.1, 0.15) is 165 Å². The second-order valence-electron chi connectivity index (χ2n) is 13.4. The number of carbonyl (C=O) groups excluding carboxylic acids is 2. The molecule has 2 N–H and O–H groups in total. The highest BCUT2D eigenvalue weighted by molar-refractivity contribution is 6.71. The van der Waals surface area contributed by atoms with E-state index in [1.165, 1.54) is 76.7 Å². The SMILES string of the molecule is C.C.CC(C)O[Si](C)(C)CCCCCCCCCCCn1ccnn1.CCCCCCC(NC)C(=O)NC(CCCCC)C(C)=O. The third kappa shape index (κ3) is 28.6. The van der Waals surface area contributed by atoms with Gasteiger partial charge >= 0.3 is 0 Å². The summed E-state index contributed by atoms with van der Waals surface area (Å²) in [5.41, 5.74) is 0. The van der Waals surface area contributed by atoms with Crippen molar-refractivity contribution in [2.75, 3.05) is 7.05 Å².